The fourth-order valence-electron chi connectivity index (χ4n) is 3.02. The van der Waals surface area contributed by atoms with E-state index in [1.54, 1.807) is 29.2 Å². The van der Waals surface area contributed by atoms with Gasteiger partial charge in [-0.1, -0.05) is 12.0 Å². The van der Waals surface area contributed by atoms with Crippen LogP contribution in [0.25, 0.3) is 10.9 Å². The van der Waals surface area contributed by atoms with Crippen molar-refractivity contribution in [3.8, 4) is 12.3 Å². The second-order valence-electron chi connectivity index (χ2n) is 6.83. The lowest BCUT2D eigenvalue weighted by atomic mass is 10.2. The molecule has 4 aromatic rings. The summed E-state index contributed by atoms with van der Waals surface area (Å²) in [5.41, 5.74) is 3.12. The van der Waals surface area contributed by atoms with Crippen LogP contribution in [0, 0.1) is 19.3 Å². The molecular formula is C21H19N7O2S. The van der Waals surface area contributed by atoms with Crippen molar-refractivity contribution in [1.29, 1.82) is 0 Å². The Labute approximate surface area is 179 Å². The zero-order chi connectivity index (χ0) is 22.0. The molecule has 10 heteroatoms. The molecule has 0 bridgehead atoms. The van der Waals surface area contributed by atoms with E-state index in [-0.39, 0.29) is 4.90 Å². The van der Waals surface area contributed by atoms with E-state index >= 15 is 0 Å². The molecule has 0 atom stereocenters. The van der Waals surface area contributed by atoms with Crippen molar-refractivity contribution in [3.05, 3.63) is 60.4 Å². The van der Waals surface area contributed by atoms with Crippen molar-refractivity contribution in [2.75, 3.05) is 10.6 Å². The second-order valence-corrected chi connectivity index (χ2v) is 8.39. The summed E-state index contributed by atoms with van der Waals surface area (Å²) in [6.07, 6.45) is 8.81. The molecule has 0 fully saturated rings. The maximum Gasteiger partial charge on any atom is 0.238 e. The van der Waals surface area contributed by atoms with E-state index in [9.17, 15) is 8.42 Å². The number of hydrogen-bond donors (Lipinski definition) is 3. The Morgan fingerprint density at radius 1 is 1.13 bits per heavy atom. The standard InChI is InChI=1S/C21H19N7O2S/c1-3-9-28-19-8-7-17(10-15(19)13-24-28)25-20-14(2)12-23-21(27-20)26-16-5-4-6-18(11-16)31(22,29)30/h1,4-8,10-13H,9H2,2H3,(H2,22,29,30)(H2,23,25,26,27). The number of rotatable bonds is 6. The maximum atomic E-state index is 11.6. The van der Waals surface area contributed by atoms with Crippen molar-refractivity contribution < 1.29 is 8.42 Å². The Bertz CT molecular complexity index is 1420. The maximum absolute atomic E-state index is 11.6. The Kier molecular flexibility index (Phi) is 5.29. The summed E-state index contributed by atoms with van der Waals surface area (Å²) >= 11 is 0. The van der Waals surface area contributed by atoms with E-state index in [2.05, 4.69) is 31.6 Å². The quantitative estimate of drug-likeness (QED) is 0.399. The van der Waals surface area contributed by atoms with Crippen molar-refractivity contribution >= 4 is 44.1 Å². The number of nitrogens with zero attached hydrogens (tertiary/aromatic N) is 4. The number of nitrogens with two attached hydrogens (primary N) is 1. The summed E-state index contributed by atoms with van der Waals surface area (Å²) in [7, 11) is -3.80. The zero-order valence-corrected chi connectivity index (χ0v) is 17.4. The molecule has 2 aromatic carbocycles. The molecule has 9 nitrogen and oxygen atoms in total. The topological polar surface area (TPSA) is 128 Å². The van der Waals surface area contributed by atoms with Gasteiger partial charge in [0, 0.05) is 28.5 Å². The molecule has 2 heterocycles. The smallest absolute Gasteiger partial charge is 0.238 e. The van der Waals surface area contributed by atoms with Gasteiger partial charge in [-0.05, 0) is 43.3 Å². The third-order valence-electron chi connectivity index (χ3n) is 4.54. The highest BCUT2D eigenvalue weighted by Gasteiger charge is 2.10. The molecule has 0 unspecified atom stereocenters. The van der Waals surface area contributed by atoms with Gasteiger partial charge in [0.05, 0.1) is 16.6 Å². The Balaban J connectivity index is 1.59. The highest BCUT2D eigenvalue weighted by atomic mass is 32.2. The van der Waals surface area contributed by atoms with Crippen LogP contribution in [-0.2, 0) is 16.6 Å². The van der Waals surface area contributed by atoms with Crippen LogP contribution >= 0.6 is 0 Å². The minimum atomic E-state index is -3.80. The first-order valence-electron chi connectivity index (χ1n) is 9.23. The highest BCUT2D eigenvalue weighted by Crippen LogP contribution is 2.25. The molecule has 0 saturated heterocycles. The van der Waals surface area contributed by atoms with Gasteiger partial charge in [0.1, 0.15) is 12.4 Å². The van der Waals surface area contributed by atoms with Crippen molar-refractivity contribution in [1.82, 2.24) is 19.7 Å². The summed E-state index contributed by atoms with van der Waals surface area (Å²) < 4.78 is 24.9. The number of benzene rings is 2. The number of aryl methyl sites for hydroxylation is 1. The lowest BCUT2D eigenvalue weighted by Gasteiger charge is -2.12. The number of aromatic nitrogens is 4. The third kappa shape index (κ3) is 4.48. The minimum absolute atomic E-state index is 0.00152. The molecule has 2 aromatic heterocycles. The van der Waals surface area contributed by atoms with E-state index in [1.807, 2.05) is 25.1 Å². The number of hydrogen-bond acceptors (Lipinski definition) is 7. The number of nitrogens with one attached hydrogen (secondary N) is 2. The molecule has 0 amide bonds. The molecule has 0 saturated carbocycles. The van der Waals surface area contributed by atoms with E-state index < -0.39 is 10.0 Å². The van der Waals surface area contributed by atoms with Gasteiger partial charge >= 0.3 is 0 Å². The summed E-state index contributed by atoms with van der Waals surface area (Å²) in [6.45, 7) is 2.29. The van der Waals surface area contributed by atoms with Crippen LogP contribution in [0.1, 0.15) is 5.56 Å². The van der Waals surface area contributed by atoms with E-state index in [4.69, 9.17) is 11.6 Å². The Morgan fingerprint density at radius 2 is 1.94 bits per heavy atom. The number of terminal acetylenes is 1. The fraction of sp³-hybridized carbons (Fsp3) is 0.0952. The third-order valence-corrected chi connectivity index (χ3v) is 5.45. The van der Waals surface area contributed by atoms with Gasteiger partial charge in [-0.3, -0.25) is 4.68 Å². The van der Waals surface area contributed by atoms with Crippen molar-refractivity contribution in [2.45, 2.75) is 18.4 Å². The Hall–Kier alpha value is -3.94. The van der Waals surface area contributed by atoms with Gasteiger partial charge in [-0.15, -0.1) is 6.42 Å². The zero-order valence-electron chi connectivity index (χ0n) is 16.6. The molecule has 0 aliphatic rings. The average molecular weight is 433 g/mol. The van der Waals surface area contributed by atoms with Gasteiger partial charge < -0.3 is 10.6 Å². The molecule has 156 valence electrons. The first-order valence-corrected chi connectivity index (χ1v) is 10.8. The van der Waals surface area contributed by atoms with Gasteiger partial charge in [-0.2, -0.15) is 10.1 Å². The van der Waals surface area contributed by atoms with Gasteiger partial charge in [0.15, 0.2) is 0 Å². The molecule has 0 radical (unpaired) electrons. The van der Waals surface area contributed by atoms with E-state index in [0.717, 1.165) is 22.2 Å². The first kappa shape index (κ1) is 20.3. The minimum Gasteiger partial charge on any atom is -0.340 e. The predicted molar refractivity (Wildman–Crippen MR) is 120 cm³/mol. The van der Waals surface area contributed by atoms with Crippen LogP contribution < -0.4 is 15.8 Å². The molecule has 31 heavy (non-hydrogen) atoms. The molecule has 0 spiro atoms. The van der Waals surface area contributed by atoms with Crippen LogP contribution in [0.5, 0.6) is 0 Å². The summed E-state index contributed by atoms with van der Waals surface area (Å²) in [6, 6.07) is 12.0. The van der Waals surface area contributed by atoms with Gasteiger partial charge in [0.2, 0.25) is 16.0 Å². The first-order chi connectivity index (χ1) is 14.8. The second kappa shape index (κ2) is 8.06. The predicted octanol–water partition coefficient (Wildman–Crippen LogP) is 2.90. The van der Waals surface area contributed by atoms with Crippen LogP contribution in [0.4, 0.5) is 23.1 Å². The summed E-state index contributed by atoms with van der Waals surface area (Å²) in [4.78, 5) is 8.78. The van der Waals surface area contributed by atoms with Crippen LogP contribution in [0.3, 0.4) is 0 Å². The Morgan fingerprint density at radius 3 is 2.71 bits per heavy atom. The normalized spacial score (nSPS) is 11.3. The molecular weight excluding hydrogens is 414 g/mol. The number of fused-ring (bicyclic) bond motifs is 1. The average Bonchev–Trinajstić information content (AvgIpc) is 3.12. The number of primary sulfonamides is 1. The number of anilines is 4. The van der Waals surface area contributed by atoms with Crippen molar-refractivity contribution in [3.63, 3.8) is 0 Å². The lowest BCUT2D eigenvalue weighted by molar-refractivity contribution is 0.598. The SMILES string of the molecule is C#CCn1ncc2cc(Nc3nc(Nc4cccc(S(N)(=O)=O)c4)ncc3C)ccc21. The van der Waals surface area contributed by atoms with Crippen LogP contribution in [0.15, 0.2) is 59.8 Å². The van der Waals surface area contributed by atoms with E-state index in [0.29, 0.717) is 24.0 Å². The largest absolute Gasteiger partial charge is 0.340 e. The van der Waals surface area contributed by atoms with Gasteiger partial charge in [-0.25, -0.2) is 18.5 Å². The highest BCUT2D eigenvalue weighted by molar-refractivity contribution is 7.89. The van der Waals surface area contributed by atoms with Crippen LogP contribution in [0.2, 0.25) is 0 Å². The monoisotopic (exact) mass is 433 g/mol. The van der Waals surface area contributed by atoms with Gasteiger partial charge in [0.25, 0.3) is 0 Å². The van der Waals surface area contributed by atoms with E-state index in [1.165, 1.54) is 12.1 Å². The number of sulfonamides is 1. The fourth-order valence-corrected chi connectivity index (χ4v) is 3.58. The molecule has 0 aliphatic heterocycles. The summed E-state index contributed by atoms with van der Waals surface area (Å²) in [5, 5.41) is 16.7. The molecule has 4 rings (SSSR count). The molecule has 0 aliphatic carbocycles. The van der Waals surface area contributed by atoms with Crippen LogP contribution in [-0.4, -0.2) is 28.2 Å². The summed E-state index contributed by atoms with van der Waals surface area (Å²) in [5.74, 6) is 3.50. The van der Waals surface area contributed by atoms with Crippen molar-refractivity contribution in [2.24, 2.45) is 5.14 Å². The molecule has 4 N–H and O–H groups in total. The lowest BCUT2D eigenvalue weighted by Crippen LogP contribution is -2.12.